The van der Waals surface area contributed by atoms with Crippen LogP contribution in [-0.4, -0.2) is 33.7 Å². The average Bonchev–Trinajstić information content (AvgIpc) is 2.61. The lowest BCUT2D eigenvalue weighted by Gasteiger charge is -2.12. The second-order valence-corrected chi connectivity index (χ2v) is 8.56. The second kappa shape index (κ2) is 8.51. The van der Waals surface area contributed by atoms with Gasteiger partial charge in [-0.1, -0.05) is 18.2 Å². The van der Waals surface area contributed by atoms with Gasteiger partial charge in [-0.25, -0.2) is 13.1 Å². The molecule has 0 saturated carbocycles. The Morgan fingerprint density at radius 3 is 2.44 bits per heavy atom. The number of hydrogen-bond donors (Lipinski definition) is 2. The van der Waals surface area contributed by atoms with Gasteiger partial charge in [0.1, 0.15) is 0 Å². The van der Waals surface area contributed by atoms with Gasteiger partial charge in [-0.2, -0.15) is 0 Å². The summed E-state index contributed by atoms with van der Waals surface area (Å²) in [5.74, 6) is 0.465. The molecule has 0 unspecified atom stereocenters. The van der Waals surface area contributed by atoms with Gasteiger partial charge in [0.15, 0.2) is 0 Å². The van der Waals surface area contributed by atoms with Crippen LogP contribution in [-0.2, 0) is 10.0 Å². The number of amides is 1. The molecule has 0 heterocycles. The number of carbonyl (C=O) groups excluding carboxylic acids is 1. The molecule has 0 aliphatic carbocycles. The van der Waals surface area contributed by atoms with Crippen LogP contribution in [0.1, 0.15) is 21.5 Å². The zero-order valence-corrected chi connectivity index (χ0v) is 16.1. The summed E-state index contributed by atoms with van der Waals surface area (Å²) in [6, 6.07) is 13.1. The highest BCUT2D eigenvalue weighted by Gasteiger charge is 2.19. The van der Waals surface area contributed by atoms with Crippen LogP contribution in [0.25, 0.3) is 0 Å². The number of nitrogens with one attached hydrogen (secondary N) is 2. The number of sulfonamides is 1. The van der Waals surface area contributed by atoms with E-state index in [1.807, 2.05) is 30.3 Å². The Kier molecular flexibility index (Phi) is 6.64. The van der Waals surface area contributed by atoms with Crippen molar-refractivity contribution < 1.29 is 13.2 Å². The molecular weight excluding hydrogens is 356 g/mol. The molecule has 5 nitrogen and oxygen atoms in total. The number of rotatable bonds is 7. The van der Waals surface area contributed by atoms with Gasteiger partial charge >= 0.3 is 0 Å². The lowest BCUT2D eigenvalue weighted by Crippen LogP contribution is -2.27. The number of benzene rings is 2. The SMILES string of the molecule is CNS(=O)(=O)c1cc(C(=O)NCCSc2ccccc2)cc(C)c1C. The van der Waals surface area contributed by atoms with E-state index in [0.29, 0.717) is 17.7 Å². The lowest BCUT2D eigenvalue weighted by atomic mass is 10.1. The Bertz CT molecular complexity index is 850. The largest absolute Gasteiger partial charge is 0.351 e. The average molecular weight is 379 g/mol. The van der Waals surface area contributed by atoms with E-state index in [2.05, 4.69) is 10.0 Å². The summed E-state index contributed by atoms with van der Waals surface area (Å²) in [5.41, 5.74) is 1.76. The predicted molar refractivity (Wildman–Crippen MR) is 102 cm³/mol. The Balaban J connectivity index is 2.04. The minimum absolute atomic E-state index is 0.138. The Hall–Kier alpha value is -1.83. The van der Waals surface area contributed by atoms with Crippen molar-refractivity contribution in [1.82, 2.24) is 10.0 Å². The van der Waals surface area contributed by atoms with E-state index >= 15 is 0 Å². The van der Waals surface area contributed by atoms with Gasteiger partial charge in [0.2, 0.25) is 10.0 Å². The first-order chi connectivity index (χ1) is 11.8. The molecule has 0 aliphatic heterocycles. The molecule has 2 N–H and O–H groups in total. The molecule has 0 aromatic heterocycles. The Morgan fingerprint density at radius 1 is 1.12 bits per heavy atom. The molecule has 2 rings (SSSR count). The molecule has 0 aliphatic rings. The van der Waals surface area contributed by atoms with Gasteiger partial charge in [0.25, 0.3) is 5.91 Å². The number of hydrogen-bond acceptors (Lipinski definition) is 4. The molecule has 0 bridgehead atoms. The van der Waals surface area contributed by atoms with Crippen LogP contribution in [0.15, 0.2) is 52.3 Å². The van der Waals surface area contributed by atoms with Crippen molar-refractivity contribution in [2.45, 2.75) is 23.6 Å². The smallest absolute Gasteiger partial charge is 0.251 e. The van der Waals surface area contributed by atoms with Crippen LogP contribution in [0, 0.1) is 13.8 Å². The summed E-state index contributed by atoms with van der Waals surface area (Å²) in [4.78, 5) is 13.6. The van der Waals surface area contributed by atoms with Crippen molar-refractivity contribution in [2.24, 2.45) is 0 Å². The van der Waals surface area contributed by atoms with Crippen molar-refractivity contribution >= 4 is 27.7 Å². The first-order valence-corrected chi connectivity index (χ1v) is 10.3. The minimum atomic E-state index is -3.60. The maximum atomic E-state index is 12.4. The van der Waals surface area contributed by atoms with E-state index in [4.69, 9.17) is 0 Å². The Labute approximate surface area is 153 Å². The topological polar surface area (TPSA) is 75.3 Å². The zero-order chi connectivity index (χ0) is 18.4. The number of carbonyl (C=O) groups is 1. The zero-order valence-electron chi connectivity index (χ0n) is 14.5. The van der Waals surface area contributed by atoms with Crippen LogP contribution in [0.4, 0.5) is 0 Å². The van der Waals surface area contributed by atoms with Crippen LogP contribution < -0.4 is 10.0 Å². The number of aryl methyl sites for hydroxylation is 1. The third-order valence-electron chi connectivity index (χ3n) is 3.84. The molecule has 2 aromatic rings. The van der Waals surface area contributed by atoms with Crippen molar-refractivity contribution in [3.05, 3.63) is 59.2 Å². The van der Waals surface area contributed by atoms with Crippen LogP contribution in [0.5, 0.6) is 0 Å². The van der Waals surface area contributed by atoms with E-state index in [1.165, 1.54) is 13.1 Å². The molecule has 1 amide bonds. The molecule has 25 heavy (non-hydrogen) atoms. The highest BCUT2D eigenvalue weighted by atomic mass is 32.2. The molecule has 0 atom stereocenters. The van der Waals surface area contributed by atoms with E-state index in [1.54, 1.807) is 31.7 Å². The summed E-state index contributed by atoms with van der Waals surface area (Å²) in [5, 5.41) is 2.84. The van der Waals surface area contributed by atoms with Gasteiger partial charge in [-0.3, -0.25) is 4.79 Å². The molecule has 0 radical (unpaired) electrons. The molecule has 0 spiro atoms. The first kappa shape index (κ1) is 19.5. The van der Waals surface area contributed by atoms with Crippen LogP contribution in [0.2, 0.25) is 0 Å². The Morgan fingerprint density at radius 2 is 1.80 bits per heavy atom. The quantitative estimate of drug-likeness (QED) is 0.574. The fourth-order valence-electron chi connectivity index (χ4n) is 2.30. The fraction of sp³-hybridized carbons (Fsp3) is 0.278. The highest BCUT2D eigenvalue weighted by molar-refractivity contribution is 7.99. The minimum Gasteiger partial charge on any atom is -0.351 e. The monoisotopic (exact) mass is 378 g/mol. The second-order valence-electron chi connectivity index (χ2n) is 5.54. The van der Waals surface area contributed by atoms with Gasteiger partial charge in [-0.05, 0) is 56.3 Å². The lowest BCUT2D eigenvalue weighted by molar-refractivity contribution is 0.0956. The van der Waals surface area contributed by atoms with Crippen molar-refractivity contribution in [3.8, 4) is 0 Å². The number of thioether (sulfide) groups is 1. The van der Waals surface area contributed by atoms with E-state index in [0.717, 1.165) is 16.2 Å². The van der Waals surface area contributed by atoms with E-state index < -0.39 is 10.0 Å². The van der Waals surface area contributed by atoms with Gasteiger partial charge < -0.3 is 5.32 Å². The predicted octanol–water partition coefficient (Wildman–Crippen LogP) is 2.73. The molecule has 0 saturated heterocycles. The molecule has 7 heteroatoms. The highest BCUT2D eigenvalue weighted by Crippen LogP contribution is 2.21. The van der Waals surface area contributed by atoms with Crippen molar-refractivity contribution in [3.63, 3.8) is 0 Å². The molecule has 0 fully saturated rings. The van der Waals surface area contributed by atoms with Crippen LogP contribution in [0.3, 0.4) is 0 Å². The normalized spacial score (nSPS) is 11.3. The fourth-order valence-corrected chi connectivity index (χ4v) is 4.15. The van der Waals surface area contributed by atoms with Gasteiger partial charge in [0.05, 0.1) is 4.90 Å². The molecule has 2 aromatic carbocycles. The van der Waals surface area contributed by atoms with Crippen molar-refractivity contribution in [1.29, 1.82) is 0 Å². The van der Waals surface area contributed by atoms with E-state index in [-0.39, 0.29) is 10.8 Å². The van der Waals surface area contributed by atoms with Gasteiger partial charge in [-0.15, -0.1) is 11.8 Å². The maximum Gasteiger partial charge on any atom is 0.251 e. The summed E-state index contributed by atoms with van der Waals surface area (Å²) in [7, 11) is -2.24. The van der Waals surface area contributed by atoms with Gasteiger partial charge in [0, 0.05) is 22.8 Å². The third-order valence-corrected chi connectivity index (χ3v) is 6.39. The standard InChI is InChI=1S/C18H22N2O3S2/c1-13-11-15(12-17(14(13)2)25(22,23)19-3)18(21)20-9-10-24-16-7-5-4-6-8-16/h4-8,11-12,19H,9-10H2,1-3H3,(H,20,21). The van der Waals surface area contributed by atoms with Crippen LogP contribution >= 0.6 is 11.8 Å². The molecular formula is C18H22N2O3S2. The van der Waals surface area contributed by atoms with E-state index in [9.17, 15) is 13.2 Å². The first-order valence-electron chi connectivity index (χ1n) is 7.86. The molecule has 134 valence electrons. The maximum absolute atomic E-state index is 12.4. The summed E-state index contributed by atoms with van der Waals surface area (Å²) in [6.07, 6.45) is 0. The third kappa shape index (κ3) is 5.07. The summed E-state index contributed by atoms with van der Waals surface area (Å²) in [6.45, 7) is 4.03. The summed E-state index contributed by atoms with van der Waals surface area (Å²) < 4.78 is 26.5. The summed E-state index contributed by atoms with van der Waals surface area (Å²) >= 11 is 1.65. The van der Waals surface area contributed by atoms with Crippen molar-refractivity contribution in [2.75, 3.05) is 19.3 Å².